The number of ether oxygens (including phenoxy) is 1. The average molecular weight is 284 g/mol. The molecule has 1 heterocycles. The van der Waals surface area contributed by atoms with Gasteiger partial charge in [0.2, 0.25) is 0 Å². The fourth-order valence-corrected chi connectivity index (χ4v) is 3.62. The van der Waals surface area contributed by atoms with Crippen molar-refractivity contribution in [2.75, 3.05) is 26.3 Å². The lowest BCUT2D eigenvalue weighted by Crippen LogP contribution is -2.54. The summed E-state index contributed by atoms with van der Waals surface area (Å²) in [6.45, 7) is 9.67. The van der Waals surface area contributed by atoms with Crippen molar-refractivity contribution in [2.45, 2.75) is 64.1 Å². The van der Waals surface area contributed by atoms with Gasteiger partial charge in [-0.15, -0.1) is 0 Å². The van der Waals surface area contributed by atoms with Crippen molar-refractivity contribution >= 4 is 6.09 Å². The molecular formula is C15H28N2O3. The van der Waals surface area contributed by atoms with Crippen LogP contribution in [0.3, 0.4) is 0 Å². The van der Waals surface area contributed by atoms with Crippen LogP contribution in [0.4, 0.5) is 4.79 Å². The molecule has 1 saturated heterocycles. The molecule has 5 nitrogen and oxygen atoms in total. The third kappa shape index (κ3) is 3.64. The molecule has 1 aliphatic heterocycles. The monoisotopic (exact) mass is 284 g/mol. The Morgan fingerprint density at radius 1 is 1.15 bits per heavy atom. The number of amides is 1. The number of morpholine rings is 1. The zero-order valence-corrected chi connectivity index (χ0v) is 13.0. The summed E-state index contributed by atoms with van der Waals surface area (Å²) < 4.78 is 5.40. The number of carboxylic acid groups (broad SMARTS) is 1. The van der Waals surface area contributed by atoms with Gasteiger partial charge in [0.05, 0.1) is 13.2 Å². The van der Waals surface area contributed by atoms with Gasteiger partial charge in [0, 0.05) is 30.7 Å². The summed E-state index contributed by atoms with van der Waals surface area (Å²) in [6, 6.07) is 0.788. The van der Waals surface area contributed by atoms with E-state index in [4.69, 9.17) is 4.74 Å². The molecule has 116 valence electrons. The molecule has 5 heteroatoms. The first-order chi connectivity index (χ1) is 9.39. The zero-order chi connectivity index (χ0) is 14.8. The Bertz CT molecular complexity index is 327. The van der Waals surface area contributed by atoms with Crippen molar-refractivity contribution in [3.05, 3.63) is 0 Å². The number of hydrogen-bond donors (Lipinski definition) is 1. The average Bonchev–Trinajstić information content (AvgIpc) is 2.38. The summed E-state index contributed by atoms with van der Waals surface area (Å²) in [5, 5.41) is 9.47. The van der Waals surface area contributed by atoms with Gasteiger partial charge in [-0.25, -0.2) is 4.79 Å². The van der Waals surface area contributed by atoms with Gasteiger partial charge in [0.25, 0.3) is 0 Å². The van der Waals surface area contributed by atoms with Crippen LogP contribution in [-0.2, 0) is 4.74 Å². The Hall–Kier alpha value is -0.810. The van der Waals surface area contributed by atoms with Gasteiger partial charge in [-0.05, 0) is 46.5 Å². The Balaban J connectivity index is 1.91. The predicted molar refractivity (Wildman–Crippen MR) is 78.1 cm³/mol. The first-order valence-electron chi connectivity index (χ1n) is 7.73. The normalized spacial score (nSPS) is 29.1. The highest BCUT2D eigenvalue weighted by Crippen LogP contribution is 2.30. The Labute approximate surface area is 121 Å². The summed E-state index contributed by atoms with van der Waals surface area (Å²) in [5.74, 6) is 0. The van der Waals surface area contributed by atoms with E-state index in [2.05, 4.69) is 4.90 Å². The van der Waals surface area contributed by atoms with Crippen LogP contribution in [-0.4, -0.2) is 64.9 Å². The van der Waals surface area contributed by atoms with E-state index in [0.717, 1.165) is 52.0 Å². The molecule has 1 saturated carbocycles. The Morgan fingerprint density at radius 2 is 1.70 bits per heavy atom. The van der Waals surface area contributed by atoms with Gasteiger partial charge in [0.15, 0.2) is 0 Å². The van der Waals surface area contributed by atoms with Crippen LogP contribution in [0, 0.1) is 0 Å². The van der Waals surface area contributed by atoms with Gasteiger partial charge in [-0.2, -0.15) is 0 Å². The third-order valence-electron chi connectivity index (χ3n) is 4.52. The minimum atomic E-state index is -0.785. The van der Waals surface area contributed by atoms with Crippen LogP contribution in [0.5, 0.6) is 0 Å². The maximum absolute atomic E-state index is 11.5. The fraction of sp³-hybridized carbons (Fsp3) is 0.933. The number of rotatable bonds is 2. The summed E-state index contributed by atoms with van der Waals surface area (Å²) in [5.41, 5.74) is -0.317. The maximum atomic E-state index is 11.5. The van der Waals surface area contributed by atoms with E-state index < -0.39 is 6.09 Å². The van der Waals surface area contributed by atoms with E-state index in [-0.39, 0.29) is 11.6 Å². The van der Waals surface area contributed by atoms with E-state index in [1.807, 2.05) is 20.8 Å². The molecule has 2 fully saturated rings. The number of nitrogens with zero attached hydrogens (tertiary/aromatic N) is 2. The van der Waals surface area contributed by atoms with E-state index in [0.29, 0.717) is 6.04 Å². The zero-order valence-electron chi connectivity index (χ0n) is 13.0. The van der Waals surface area contributed by atoms with Crippen molar-refractivity contribution in [3.8, 4) is 0 Å². The lowest BCUT2D eigenvalue weighted by Gasteiger charge is -2.45. The van der Waals surface area contributed by atoms with Gasteiger partial charge in [-0.3, -0.25) is 4.90 Å². The molecule has 0 bridgehead atoms. The second-order valence-electron chi connectivity index (χ2n) is 6.93. The second-order valence-corrected chi connectivity index (χ2v) is 6.93. The molecule has 1 aliphatic carbocycles. The molecule has 2 aliphatic rings. The van der Waals surface area contributed by atoms with E-state index >= 15 is 0 Å². The fourth-order valence-electron chi connectivity index (χ4n) is 3.62. The lowest BCUT2D eigenvalue weighted by atomic mass is 9.87. The minimum Gasteiger partial charge on any atom is -0.465 e. The first-order valence-corrected chi connectivity index (χ1v) is 7.73. The smallest absolute Gasteiger partial charge is 0.407 e. The first kappa shape index (κ1) is 15.6. The van der Waals surface area contributed by atoms with Crippen molar-refractivity contribution < 1.29 is 14.6 Å². The van der Waals surface area contributed by atoms with Crippen molar-refractivity contribution in [2.24, 2.45) is 0 Å². The van der Waals surface area contributed by atoms with Crippen LogP contribution in [0.15, 0.2) is 0 Å². The minimum absolute atomic E-state index is 0.171. The highest BCUT2D eigenvalue weighted by atomic mass is 16.5. The van der Waals surface area contributed by atoms with Crippen LogP contribution < -0.4 is 0 Å². The molecule has 0 radical (unpaired) electrons. The third-order valence-corrected chi connectivity index (χ3v) is 4.52. The molecular weight excluding hydrogens is 256 g/mol. The van der Waals surface area contributed by atoms with E-state index in [9.17, 15) is 9.90 Å². The molecule has 1 amide bonds. The van der Waals surface area contributed by atoms with Crippen molar-refractivity contribution in [3.63, 3.8) is 0 Å². The molecule has 0 aromatic carbocycles. The summed E-state index contributed by atoms with van der Waals surface area (Å²) in [4.78, 5) is 15.7. The molecule has 0 atom stereocenters. The Morgan fingerprint density at radius 3 is 2.15 bits per heavy atom. The summed E-state index contributed by atoms with van der Waals surface area (Å²) >= 11 is 0. The second kappa shape index (κ2) is 6.31. The molecule has 1 N–H and O–H groups in total. The van der Waals surface area contributed by atoms with E-state index in [1.165, 1.54) is 0 Å². The van der Waals surface area contributed by atoms with Crippen molar-refractivity contribution in [1.29, 1.82) is 0 Å². The molecule has 0 spiro atoms. The number of carbonyl (C=O) groups is 1. The molecule has 20 heavy (non-hydrogen) atoms. The molecule has 0 aromatic rings. The molecule has 0 unspecified atom stereocenters. The maximum Gasteiger partial charge on any atom is 0.407 e. The number of hydrogen-bond acceptors (Lipinski definition) is 3. The van der Waals surface area contributed by atoms with Crippen LogP contribution in [0.2, 0.25) is 0 Å². The van der Waals surface area contributed by atoms with E-state index in [1.54, 1.807) is 4.90 Å². The van der Waals surface area contributed by atoms with Gasteiger partial charge < -0.3 is 14.7 Å². The predicted octanol–water partition coefficient (Wildman–Crippen LogP) is 2.41. The van der Waals surface area contributed by atoms with Gasteiger partial charge in [0.1, 0.15) is 0 Å². The SMILES string of the molecule is CC(C)(C)N(C(=O)O)[C@H]1CC[C@@H](N2CCOCC2)CC1. The quantitative estimate of drug-likeness (QED) is 0.846. The standard InChI is InChI=1S/C15H28N2O3/c1-15(2,3)17(14(18)19)13-6-4-12(5-7-13)16-8-10-20-11-9-16/h12-13H,4-11H2,1-3H3,(H,18,19)/t12-,13+. The largest absolute Gasteiger partial charge is 0.465 e. The van der Waals surface area contributed by atoms with Crippen LogP contribution in [0.1, 0.15) is 46.5 Å². The van der Waals surface area contributed by atoms with Crippen LogP contribution in [0.25, 0.3) is 0 Å². The Kier molecular flexibility index (Phi) is 4.91. The van der Waals surface area contributed by atoms with Gasteiger partial charge in [-0.1, -0.05) is 0 Å². The molecule has 2 rings (SSSR count). The van der Waals surface area contributed by atoms with Crippen molar-refractivity contribution in [1.82, 2.24) is 9.80 Å². The lowest BCUT2D eigenvalue weighted by molar-refractivity contribution is -0.00486. The summed E-state index contributed by atoms with van der Waals surface area (Å²) in [6.07, 6.45) is 3.37. The van der Waals surface area contributed by atoms with Crippen LogP contribution >= 0.6 is 0 Å². The topological polar surface area (TPSA) is 53.0 Å². The molecule has 0 aromatic heterocycles. The highest BCUT2D eigenvalue weighted by molar-refractivity contribution is 5.66. The van der Waals surface area contributed by atoms with Gasteiger partial charge >= 0.3 is 6.09 Å². The summed E-state index contributed by atoms with van der Waals surface area (Å²) in [7, 11) is 0. The highest BCUT2D eigenvalue weighted by Gasteiger charge is 2.36.